The lowest BCUT2D eigenvalue weighted by Gasteiger charge is -2.06. The van der Waals surface area contributed by atoms with Crippen molar-refractivity contribution in [3.05, 3.63) is 57.8 Å². The molecule has 3 aromatic rings. The monoisotopic (exact) mass is 387 g/mol. The van der Waals surface area contributed by atoms with Gasteiger partial charge in [0.25, 0.3) is 5.91 Å². The first-order valence-corrected chi connectivity index (χ1v) is 9.01. The van der Waals surface area contributed by atoms with Crippen molar-refractivity contribution in [2.75, 3.05) is 12.3 Å². The predicted molar refractivity (Wildman–Crippen MR) is 102 cm³/mol. The fraction of sp³-hybridized carbons (Fsp3) is 0.211. The molecular weight excluding hydrogens is 369 g/mol. The average molecular weight is 387 g/mol. The Kier molecular flexibility index (Phi) is 5.36. The summed E-state index contributed by atoms with van der Waals surface area (Å²) in [5, 5.41) is 3.34. The molecule has 0 spiro atoms. The number of benzene rings is 1. The summed E-state index contributed by atoms with van der Waals surface area (Å²) in [6.45, 7) is 3.55. The van der Waals surface area contributed by atoms with Gasteiger partial charge in [-0.15, -0.1) is 11.3 Å². The van der Waals surface area contributed by atoms with E-state index in [-0.39, 0.29) is 17.2 Å². The van der Waals surface area contributed by atoms with E-state index in [0.717, 1.165) is 33.5 Å². The van der Waals surface area contributed by atoms with Gasteiger partial charge in [-0.25, -0.2) is 14.2 Å². The van der Waals surface area contributed by atoms with E-state index in [9.17, 15) is 14.0 Å². The highest BCUT2D eigenvalue weighted by Crippen LogP contribution is 2.35. The van der Waals surface area contributed by atoms with Gasteiger partial charge < -0.3 is 15.8 Å². The van der Waals surface area contributed by atoms with Crippen molar-refractivity contribution in [1.82, 2.24) is 10.3 Å². The number of nitrogen functional groups attached to an aromatic ring is 1. The summed E-state index contributed by atoms with van der Waals surface area (Å²) >= 11 is 1.15. The standard InChI is InChI=1S/C19H18FN3O3S/c1-10-7-11(2)23-18-15(10)16(21)17(27-18)19(25)26-9-14(24)22-8-12-3-5-13(20)6-4-12/h3-7H,8-9,21H2,1-2H3,(H,22,24). The Hall–Kier alpha value is -3.00. The van der Waals surface area contributed by atoms with Crippen LogP contribution in [0.1, 0.15) is 26.5 Å². The van der Waals surface area contributed by atoms with Gasteiger partial charge in [-0.05, 0) is 43.2 Å². The van der Waals surface area contributed by atoms with Crippen LogP contribution < -0.4 is 11.1 Å². The number of halogens is 1. The van der Waals surface area contributed by atoms with Crippen molar-refractivity contribution in [3.63, 3.8) is 0 Å². The molecule has 0 unspecified atom stereocenters. The number of carbonyl (C=O) groups excluding carboxylic acids is 2. The van der Waals surface area contributed by atoms with Crippen LogP contribution in [0.2, 0.25) is 0 Å². The van der Waals surface area contributed by atoms with E-state index < -0.39 is 18.5 Å². The van der Waals surface area contributed by atoms with Gasteiger partial charge in [-0.1, -0.05) is 12.1 Å². The highest BCUT2D eigenvalue weighted by Gasteiger charge is 2.20. The van der Waals surface area contributed by atoms with E-state index in [4.69, 9.17) is 10.5 Å². The highest BCUT2D eigenvalue weighted by molar-refractivity contribution is 7.21. The fourth-order valence-electron chi connectivity index (χ4n) is 2.67. The van der Waals surface area contributed by atoms with Crippen LogP contribution in [0.15, 0.2) is 30.3 Å². The van der Waals surface area contributed by atoms with Crippen LogP contribution in [0.5, 0.6) is 0 Å². The molecule has 6 nitrogen and oxygen atoms in total. The Bertz CT molecular complexity index is 1020. The van der Waals surface area contributed by atoms with Crippen LogP contribution in [0.25, 0.3) is 10.2 Å². The largest absolute Gasteiger partial charge is 0.451 e. The van der Waals surface area contributed by atoms with Crippen molar-refractivity contribution in [1.29, 1.82) is 0 Å². The molecule has 0 radical (unpaired) electrons. The summed E-state index contributed by atoms with van der Waals surface area (Å²) in [7, 11) is 0. The number of aryl methyl sites for hydroxylation is 2. The number of fused-ring (bicyclic) bond motifs is 1. The third-order valence-electron chi connectivity index (χ3n) is 3.95. The second-order valence-corrected chi connectivity index (χ2v) is 7.08. The summed E-state index contributed by atoms with van der Waals surface area (Å²) < 4.78 is 17.9. The zero-order chi connectivity index (χ0) is 19.6. The molecule has 0 aliphatic rings. The van der Waals surface area contributed by atoms with Gasteiger partial charge in [0, 0.05) is 17.6 Å². The average Bonchev–Trinajstić information content (AvgIpc) is 2.95. The van der Waals surface area contributed by atoms with E-state index in [1.165, 1.54) is 12.1 Å². The molecule has 0 atom stereocenters. The number of thiophene rings is 1. The van der Waals surface area contributed by atoms with Crippen LogP contribution in [0, 0.1) is 19.7 Å². The third kappa shape index (κ3) is 4.22. The number of nitrogens with zero attached hydrogens (tertiary/aromatic N) is 1. The zero-order valence-electron chi connectivity index (χ0n) is 14.8. The lowest BCUT2D eigenvalue weighted by molar-refractivity contribution is -0.124. The number of anilines is 1. The number of aromatic nitrogens is 1. The minimum atomic E-state index is -0.663. The Labute approximate surface area is 159 Å². The molecule has 3 N–H and O–H groups in total. The Morgan fingerprint density at radius 1 is 1.26 bits per heavy atom. The Morgan fingerprint density at radius 2 is 1.96 bits per heavy atom. The van der Waals surface area contributed by atoms with Crippen molar-refractivity contribution in [2.24, 2.45) is 0 Å². The molecule has 1 amide bonds. The van der Waals surface area contributed by atoms with Crippen molar-refractivity contribution >= 4 is 39.1 Å². The molecule has 3 rings (SSSR count). The van der Waals surface area contributed by atoms with Gasteiger partial charge in [0.05, 0.1) is 5.69 Å². The molecule has 27 heavy (non-hydrogen) atoms. The van der Waals surface area contributed by atoms with Gasteiger partial charge in [-0.2, -0.15) is 0 Å². The Morgan fingerprint density at radius 3 is 2.67 bits per heavy atom. The topological polar surface area (TPSA) is 94.3 Å². The Balaban J connectivity index is 1.61. The first-order valence-electron chi connectivity index (χ1n) is 8.19. The van der Waals surface area contributed by atoms with Crippen molar-refractivity contribution in [3.8, 4) is 0 Å². The van der Waals surface area contributed by atoms with Gasteiger partial charge >= 0.3 is 5.97 Å². The van der Waals surface area contributed by atoms with E-state index in [1.807, 2.05) is 19.9 Å². The summed E-state index contributed by atoms with van der Waals surface area (Å²) in [5.74, 6) is -1.47. The number of pyridine rings is 1. The summed E-state index contributed by atoms with van der Waals surface area (Å²) in [6, 6.07) is 7.64. The zero-order valence-corrected chi connectivity index (χ0v) is 15.7. The number of rotatable bonds is 5. The maximum Gasteiger partial charge on any atom is 0.351 e. The molecule has 0 saturated carbocycles. The van der Waals surface area contributed by atoms with E-state index in [1.54, 1.807) is 12.1 Å². The molecule has 1 aromatic carbocycles. The number of ether oxygens (including phenoxy) is 1. The van der Waals surface area contributed by atoms with Crippen LogP contribution in [0.4, 0.5) is 10.1 Å². The maximum absolute atomic E-state index is 12.9. The number of esters is 1. The number of carbonyl (C=O) groups is 2. The lowest BCUT2D eigenvalue weighted by Crippen LogP contribution is -2.28. The SMILES string of the molecule is Cc1cc(C)c2c(N)c(C(=O)OCC(=O)NCc3ccc(F)cc3)sc2n1. The van der Waals surface area contributed by atoms with Gasteiger partial charge in [0.1, 0.15) is 15.5 Å². The first-order chi connectivity index (χ1) is 12.8. The fourth-order valence-corrected chi connectivity index (χ4v) is 3.78. The smallest absolute Gasteiger partial charge is 0.351 e. The van der Waals surface area contributed by atoms with E-state index in [2.05, 4.69) is 10.3 Å². The molecule has 140 valence electrons. The van der Waals surface area contributed by atoms with E-state index in [0.29, 0.717) is 10.5 Å². The quantitative estimate of drug-likeness (QED) is 0.656. The number of nitrogens with one attached hydrogen (secondary N) is 1. The minimum Gasteiger partial charge on any atom is -0.451 e. The minimum absolute atomic E-state index is 0.212. The predicted octanol–water partition coefficient (Wildman–Crippen LogP) is 3.11. The lowest BCUT2D eigenvalue weighted by atomic mass is 10.1. The van der Waals surface area contributed by atoms with Gasteiger partial charge in [-0.3, -0.25) is 4.79 Å². The molecule has 0 aliphatic carbocycles. The molecule has 0 aliphatic heterocycles. The molecule has 0 fully saturated rings. The molecule has 2 heterocycles. The third-order valence-corrected chi connectivity index (χ3v) is 5.03. The molecule has 0 saturated heterocycles. The second-order valence-electron chi connectivity index (χ2n) is 6.08. The van der Waals surface area contributed by atoms with Crippen LogP contribution >= 0.6 is 11.3 Å². The molecule has 2 aromatic heterocycles. The molecule has 0 bridgehead atoms. The maximum atomic E-state index is 12.9. The van der Waals surface area contributed by atoms with Crippen molar-refractivity contribution in [2.45, 2.75) is 20.4 Å². The normalized spacial score (nSPS) is 10.8. The number of amides is 1. The van der Waals surface area contributed by atoms with Gasteiger partial charge in [0.15, 0.2) is 6.61 Å². The molecular formula is C19H18FN3O3S. The highest BCUT2D eigenvalue weighted by atomic mass is 32.1. The molecule has 8 heteroatoms. The summed E-state index contributed by atoms with van der Waals surface area (Å²) in [6.07, 6.45) is 0. The van der Waals surface area contributed by atoms with Crippen LogP contribution in [0.3, 0.4) is 0 Å². The number of hydrogen-bond acceptors (Lipinski definition) is 6. The number of nitrogens with two attached hydrogens (primary N) is 1. The van der Waals surface area contributed by atoms with Crippen LogP contribution in [-0.2, 0) is 16.1 Å². The summed E-state index contributed by atoms with van der Waals surface area (Å²) in [4.78, 5) is 29.5. The van der Waals surface area contributed by atoms with Crippen molar-refractivity contribution < 1.29 is 18.7 Å². The van der Waals surface area contributed by atoms with Gasteiger partial charge in [0.2, 0.25) is 0 Å². The first kappa shape index (κ1) is 18.8. The second kappa shape index (κ2) is 7.71. The number of hydrogen-bond donors (Lipinski definition) is 2. The summed E-state index contributed by atoms with van der Waals surface area (Å²) in [5.41, 5.74) is 8.90. The van der Waals surface area contributed by atoms with E-state index >= 15 is 0 Å². The van der Waals surface area contributed by atoms with Crippen LogP contribution in [-0.4, -0.2) is 23.5 Å².